The van der Waals surface area contributed by atoms with Crippen LogP contribution in [0, 0.1) is 0 Å². The van der Waals surface area contributed by atoms with E-state index >= 15 is 0 Å². The lowest BCUT2D eigenvalue weighted by atomic mass is 10.1. The van der Waals surface area contributed by atoms with Gasteiger partial charge in [-0.15, -0.1) is 0 Å². The number of nitrogens with one attached hydrogen (secondary N) is 3. The van der Waals surface area contributed by atoms with Crippen LogP contribution in [-0.2, 0) is 9.59 Å². The summed E-state index contributed by atoms with van der Waals surface area (Å²) in [6, 6.07) is 14.4. The summed E-state index contributed by atoms with van der Waals surface area (Å²) in [6.45, 7) is 3.77. The molecule has 1 aliphatic rings. The molecule has 0 spiro atoms. The highest BCUT2D eigenvalue weighted by atomic mass is 16.2. The maximum absolute atomic E-state index is 12.7. The van der Waals surface area contributed by atoms with Gasteiger partial charge in [0.2, 0.25) is 11.8 Å². The molecule has 1 aliphatic heterocycles. The van der Waals surface area contributed by atoms with Gasteiger partial charge in [-0.05, 0) is 62.1 Å². The van der Waals surface area contributed by atoms with Crippen molar-refractivity contribution in [2.75, 3.05) is 35.6 Å². The van der Waals surface area contributed by atoms with Crippen LogP contribution in [0.25, 0.3) is 0 Å². The average Bonchev–Trinajstić information content (AvgIpc) is 2.83. The number of carbonyl (C=O) groups excluding carboxylic acids is 3. The van der Waals surface area contributed by atoms with Gasteiger partial charge in [0, 0.05) is 42.1 Å². The molecule has 0 unspecified atom stereocenters. The number of hydrogen-bond acceptors (Lipinski definition) is 4. The van der Waals surface area contributed by atoms with Crippen molar-refractivity contribution >= 4 is 34.8 Å². The summed E-state index contributed by atoms with van der Waals surface area (Å²) in [5.74, 6) is -0.196. The summed E-state index contributed by atoms with van der Waals surface area (Å²) < 4.78 is 0. The second kappa shape index (κ2) is 12.6. The first-order valence-electron chi connectivity index (χ1n) is 11.9. The minimum absolute atomic E-state index is 0.0208. The third kappa shape index (κ3) is 7.93. The number of piperidine rings is 1. The highest BCUT2D eigenvalue weighted by Crippen LogP contribution is 2.18. The molecule has 3 rings (SSSR count). The van der Waals surface area contributed by atoms with E-state index in [1.165, 1.54) is 6.42 Å². The quantitative estimate of drug-likeness (QED) is 0.450. The van der Waals surface area contributed by atoms with Crippen LogP contribution in [0.5, 0.6) is 0 Å². The number of carbonyl (C=O) groups is 3. The molecule has 0 radical (unpaired) electrons. The van der Waals surface area contributed by atoms with E-state index in [4.69, 9.17) is 0 Å². The molecule has 0 bridgehead atoms. The SMILES string of the molecule is CCCCCC(=O)Nc1cccc(NC(=O)CNc2cccc(C(=O)N3CCCCC3)c2)c1. The molecule has 0 atom stereocenters. The zero-order chi connectivity index (χ0) is 23.5. The van der Waals surface area contributed by atoms with Gasteiger partial charge in [0.05, 0.1) is 6.54 Å². The van der Waals surface area contributed by atoms with Crippen molar-refractivity contribution in [3.05, 3.63) is 54.1 Å². The van der Waals surface area contributed by atoms with Crippen LogP contribution in [-0.4, -0.2) is 42.3 Å². The molecule has 0 aromatic heterocycles. The Labute approximate surface area is 195 Å². The van der Waals surface area contributed by atoms with E-state index in [1.807, 2.05) is 23.1 Å². The summed E-state index contributed by atoms with van der Waals surface area (Å²) in [7, 11) is 0. The standard InChI is InChI=1S/C26H34N4O3/c1-2-3-5-14-24(31)28-22-12-9-13-23(18-22)29-25(32)19-27-21-11-8-10-20(17-21)26(33)30-15-6-4-7-16-30/h8-13,17-18,27H,2-7,14-16,19H2,1H3,(H,28,31)(H,29,32). The van der Waals surface area contributed by atoms with Crippen molar-refractivity contribution in [3.63, 3.8) is 0 Å². The fourth-order valence-corrected chi connectivity index (χ4v) is 3.86. The average molecular weight is 451 g/mol. The topological polar surface area (TPSA) is 90.5 Å². The van der Waals surface area contributed by atoms with Crippen LogP contribution in [0.15, 0.2) is 48.5 Å². The van der Waals surface area contributed by atoms with Gasteiger partial charge in [-0.25, -0.2) is 0 Å². The maximum Gasteiger partial charge on any atom is 0.253 e. The van der Waals surface area contributed by atoms with Crippen molar-refractivity contribution < 1.29 is 14.4 Å². The third-order valence-electron chi connectivity index (χ3n) is 5.64. The Hall–Kier alpha value is -3.35. The minimum atomic E-state index is -0.214. The van der Waals surface area contributed by atoms with Crippen LogP contribution < -0.4 is 16.0 Å². The zero-order valence-corrected chi connectivity index (χ0v) is 19.4. The molecule has 3 amide bonds. The number of rotatable bonds is 10. The predicted molar refractivity (Wildman–Crippen MR) is 133 cm³/mol. The molecule has 1 heterocycles. The Morgan fingerprint density at radius 2 is 1.48 bits per heavy atom. The summed E-state index contributed by atoms with van der Waals surface area (Å²) in [6.07, 6.45) is 6.74. The van der Waals surface area contributed by atoms with Gasteiger partial charge >= 0.3 is 0 Å². The van der Waals surface area contributed by atoms with Gasteiger partial charge in [0.15, 0.2) is 0 Å². The van der Waals surface area contributed by atoms with E-state index in [-0.39, 0.29) is 24.3 Å². The molecule has 33 heavy (non-hydrogen) atoms. The van der Waals surface area contributed by atoms with Crippen molar-refractivity contribution in [1.82, 2.24) is 4.90 Å². The molecule has 176 valence electrons. The van der Waals surface area contributed by atoms with E-state index in [9.17, 15) is 14.4 Å². The van der Waals surface area contributed by atoms with E-state index in [2.05, 4.69) is 22.9 Å². The largest absolute Gasteiger partial charge is 0.376 e. The maximum atomic E-state index is 12.7. The molecule has 0 aliphatic carbocycles. The van der Waals surface area contributed by atoms with Crippen LogP contribution in [0.4, 0.5) is 17.1 Å². The van der Waals surface area contributed by atoms with Gasteiger partial charge in [-0.1, -0.05) is 31.9 Å². The summed E-state index contributed by atoms with van der Waals surface area (Å²) in [4.78, 5) is 39.0. The van der Waals surface area contributed by atoms with Gasteiger partial charge in [-0.2, -0.15) is 0 Å². The smallest absolute Gasteiger partial charge is 0.253 e. The fraction of sp³-hybridized carbons (Fsp3) is 0.423. The number of amides is 3. The lowest BCUT2D eigenvalue weighted by Crippen LogP contribution is -2.35. The van der Waals surface area contributed by atoms with Gasteiger partial charge < -0.3 is 20.9 Å². The van der Waals surface area contributed by atoms with Crippen LogP contribution in [0.2, 0.25) is 0 Å². The first kappa shape index (κ1) is 24.3. The lowest BCUT2D eigenvalue weighted by Gasteiger charge is -2.26. The summed E-state index contributed by atoms with van der Waals surface area (Å²) >= 11 is 0. The third-order valence-corrected chi connectivity index (χ3v) is 5.64. The first-order valence-corrected chi connectivity index (χ1v) is 11.9. The molecule has 2 aromatic rings. The number of nitrogens with zero attached hydrogens (tertiary/aromatic N) is 1. The van der Waals surface area contributed by atoms with E-state index in [0.717, 1.165) is 50.9 Å². The first-order chi connectivity index (χ1) is 16.0. The predicted octanol–water partition coefficient (Wildman–Crippen LogP) is 4.88. The number of benzene rings is 2. The van der Waals surface area contributed by atoms with Gasteiger partial charge in [0.1, 0.15) is 0 Å². The Morgan fingerprint density at radius 1 is 0.818 bits per heavy atom. The van der Waals surface area contributed by atoms with Gasteiger partial charge in [0.25, 0.3) is 5.91 Å². The highest BCUT2D eigenvalue weighted by Gasteiger charge is 2.18. The summed E-state index contributed by atoms with van der Waals surface area (Å²) in [5.41, 5.74) is 2.62. The van der Waals surface area contributed by atoms with Crippen molar-refractivity contribution in [2.45, 2.75) is 51.9 Å². The Morgan fingerprint density at radius 3 is 2.21 bits per heavy atom. The second-order valence-electron chi connectivity index (χ2n) is 8.42. The van der Waals surface area contributed by atoms with E-state index < -0.39 is 0 Å². The molecular formula is C26H34N4O3. The van der Waals surface area contributed by atoms with Crippen molar-refractivity contribution in [1.29, 1.82) is 0 Å². The van der Waals surface area contributed by atoms with Crippen molar-refractivity contribution in [3.8, 4) is 0 Å². The number of hydrogen-bond donors (Lipinski definition) is 3. The monoisotopic (exact) mass is 450 g/mol. The minimum Gasteiger partial charge on any atom is -0.376 e. The highest BCUT2D eigenvalue weighted by molar-refractivity contribution is 5.97. The second-order valence-corrected chi connectivity index (χ2v) is 8.42. The van der Waals surface area contributed by atoms with Crippen LogP contribution in [0.3, 0.4) is 0 Å². The molecule has 0 saturated carbocycles. The summed E-state index contributed by atoms with van der Waals surface area (Å²) in [5, 5.41) is 8.80. The Kier molecular flexibility index (Phi) is 9.30. The Balaban J connectivity index is 1.49. The number of unbranched alkanes of at least 4 members (excludes halogenated alkanes) is 2. The number of likely N-dealkylation sites (tertiary alicyclic amines) is 1. The van der Waals surface area contributed by atoms with Crippen LogP contribution in [0.1, 0.15) is 62.2 Å². The van der Waals surface area contributed by atoms with E-state index in [1.54, 1.807) is 30.3 Å². The van der Waals surface area contributed by atoms with Crippen molar-refractivity contribution in [2.24, 2.45) is 0 Å². The molecule has 1 saturated heterocycles. The lowest BCUT2D eigenvalue weighted by molar-refractivity contribution is -0.116. The molecule has 7 heteroatoms. The number of anilines is 3. The Bertz CT molecular complexity index is 954. The molecule has 2 aromatic carbocycles. The molecule has 1 fully saturated rings. The normalized spacial score (nSPS) is 13.3. The zero-order valence-electron chi connectivity index (χ0n) is 19.4. The molecule has 3 N–H and O–H groups in total. The molecular weight excluding hydrogens is 416 g/mol. The molecule has 7 nitrogen and oxygen atoms in total. The van der Waals surface area contributed by atoms with Crippen LogP contribution >= 0.6 is 0 Å². The van der Waals surface area contributed by atoms with E-state index in [0.29, 0.717) is 23.4 Å². The fourth-order valence-electron chi connectivity index (χ4n) is 3.86. The van der Waals surface area contributed by atoms with Gasteiger partial charge in [-0.3, -0.25) is 14.4 Å².